The molecule has 0 saturated heterocycles. The van der Waals surface area contributed by atoms with Gasteiger partial charge in [-0.05, 0) is 25.5 Å². The Hall–Kier alpha value is -2.57. The van der Waals surface area contributed by atoms with Crippen LogP contribution >= 0.6 is 0 Å². The number of aryl methyl sites for hydroxylation is 1. The minimum absolute atomic E-state index is 0.165. The molecule has 3 N–H and O–H groups in total. The van der Waals surface area contributed by atoms with Gasteiger partial charge in [0.05, 0.1) is 6.26 Å². The maximum Gasteiger partial charge on any atom is 0.287 e. The first-order valence-corrected chi connectivity index (χ1v) is 6.29. The molecule has 2 aromatic rings. The van der Waals surface area contributed by atoms with Gasteiger partial charge in [-0.15, -0.1) is 0 Å². The smallest absolute Gasteiger partial charge is 0.287 e. The number of nitrogens with zero attached hydrogens (tertiary/aromatic N) is 1. The molecule has 0 aromatic carbocycles. The lowest BCUT2D eigenvalue weighted by Gasteiger charge is -2.11. The number of furan rings is 1. The summed E-state index contributed by atoms with van der Waals surface area (Å²) in [4.78, 5) is 23.6. The minimum Gasteiger partial charge on any atom is -0.459 e. The van der Waals surface area contributed by atoms with Crippen LogP contribution in [0.2, 0.25) is 0 Å². The highest BCUT2D eigenvalue weighted by Gasteiger charge is 2.18. The number of H-pyrrole nitrogens is 1. The van der Waals surface area contributed by atoms with E-state index in [9.17, 15) is 9.59 Å². The molecule has 0 fully saturated rings. The van der Waals surface area contributed by atoms with Crippen LogP contribution in [0.4, 0.5) is 5.82 Å². The van der Waals surface area contributed by atoms with E-state index in [1.807, 2.05) is 6.92 Å². The van der Waals surface area contributed by atoms with Crippen molar-refractivity contribution in [3.63, 3.8) is 0 Å². The van der Waals surface area contributed by atoms with Gasteiger partial charge in [0.1, 0.15) is 6.04 Å². The molecule has 7 heteroatoms. The molecule has 106 valence electrons. The first-order valence-electron chi connectivity index (χ1n) is 6.29. The molecule has 0 aliphatic rings. The average Bonchev–Trinajstić information content (AvgIpc) is 3.09. The van der Waals surface area contributed by atoms with Crippen LogP contribution in [-0.4, -0.2) is 28.1 Å². The van der Waals surface area contributed by atoms with Gasteiger partial charge in [-0.3, -0.25) is 14.7 Å². The first kappa shape index (κ1) is 13.9. The number of aromatic nitrogens is 2. The van der Waals surface area contributed by atoms with E-state index >= 15 is 0 Å². The third-order valence-electron chi connectivity index (χ3n) is 2.75. The number of hydrogen-bond acceptors (Lipinski definition) is 4. The normalized spacial score (nSPS) is 11.9. The zero-order valence-corrected chi connectivity index (χ0v) is 11.3. The van der Waals surface area contributed by atoms with Gasteiger partial charge in [-0.2, -0.15) is 5.10 Å². The molecule has 2 heterocycles. The highest BCUT2D eigenvalue weighted by molar-refractivity contribution is 5.99. The molecule has 0 bridgehead atoms. The van der Waals surface area contributed by atoms with E-state index < -0.39 is 11.9 Å². The molecular formula is C13H16N4O3. The monoisotopic (exact) mass is 276 g/mol. The van der Waals surface area contributed by atoms with E-state index in [0.717, 1.165) is 12.1 Å². The second kappa shape index (κ2) is 6.05. The number of hydrogen-bond donors (Lipinski definition) is 3. The summed E-state index contributed by atoms with van der Waals surface area (Å²) in [6.07, 6.45) is 2.20. The fourth-order valence-corrected chi connectivity index (χ4v) is 1.58. The van der Waals surface area contributed by atoms with Crippen LogP contribution < -0.4 is 10.6 Å². The fraction of sp³-hybridized carbons (Fsp3) is 0.308. The quantitative estimate of drug-likeness (QED) is 0.766. The molecule has 0 saturated carbocycles. The SMILES string of the molecule is CCc1cc(NC(=O)C(C)NC(=O)c2ccco2)n[nH]1. The van der Waals surface area contributed by atoms with Gasteiger partial charge >= 0.3 is 0 Å². The second-order valence-corrected chi connectivity index (χ2v) is 4.29. The van der Waals surface area contributed by atoms with Crippen LogP contribution in [0.15, 0.2) is 28.9 Å². The van der Waals surface area contributed by atoms with Crippen molar-refractivity contribution in [3.8, 4) is 0 Å². The van der Waals surface area contributed by atoms with Gasteiger partial charge in [-0.1, -0.05) is 6.92 Å². The van der Waals surface area contributed by atoms with E-state index in [2.05, 4.69) is 20.8 Å². The van der Waals surface area contributed by atoms with E-state index in [4.69, 9.17) is 4.42 Å². The van der Waals surface area contributed by atoms with E-state index in [0.29, 0.717) is 5.82 Å². The summed E-state index contributed by atoms with van der Waals surface area (Å²) in [7, 11) is 0. The molecule has 0 aliphatic heterocycles. The predicted molar refractivity (Wildman–Crippen MR) is 72.2 cm³/mol. The number of rotatable bonds is 5. The summed E-state index contributed by atoms with van der Waals surface area (Å²) in [5, 5.41) is 11.9. The van der Waals surface area contributed by atoms with Crippen molar-refractivity contribution in [2.24, 2.45) is 0 Å². The lowest BCUT2D eigenvalue weighted by molar-refractivity contribution is -0.117. The maximum atomic E-state index is 11.9. The van der Waals surface area contributed by atoms with Gasteiger partial charge in [0.15, 0.2) is 11.6 Å². The first-order chi connectivity index (χ1) is 9.60. The number of amides is 2. The Morgan fingerprint density at radius 2 is 2.30 bits per heavy atom. The Labute approximate surface area is 115 Å². The topological polar surface area (TPSA) is 100 Å². The Balaban J connectivity index is 1.90. The van der Waals surface area contributed by atoms with Crippen molar-refractivity contribution in [1.29, 1.82) is 0 Å². The van der Waals surface area contributed by atoms with Crippen molar-refractivity contribution >= 4 is 17.6 Å². The van der Waals surface area contributed by atoms with Crippen molar-refractivity contribution in [1.82, 2.24) is 15.5 Å². The molecule has 20 heavy (non-hydrogen) atoms. The number of anilines is 1. The van der Waals surface area contributed by atoms with Crippen LogP contribution in [0.5, 0.6) is 0 Å². The fourth-order valence-electron chi connectivity index (χ4n) is 1.58. The molecule has 0 aliphatic carbocycles. The lowest BCUT2D eigenvalue weighted by atomic mass is 10.3. The van der Waals surface area contributed by atoms with Crippen molar-refractivity contribution in [3.05, 3.63) is 35.9 Å². The zero-order chi connectivity index (χ0) is 14.5. The third kappa shape index (κ3) is 3.25. The highest BCUT2D eigenvalue weighted by Crippen LogP contribution is 2.06. The van der Waals surface area contributed by atoms with Gasteiger partial charge in [0.2, 0.25) is 5.91 Å². The summed E-state index contributed by atoms with van der Waals surface area (Å²) in [5.74, 6) is -0.184. The molecule has 0 radical (unpaired) electrons. The average molecular weight is 276 g/mol. The van der Waals surface area contributed by atoms with Crippen LogP contribution in [0.25, 0.3) is 0 Å². The molecule has 1 atom stereocenters. The summed E-state index contributed by atoms with van der Waals surface area (Å²) < 4.78 is 4.95. The Morgan fingerprint density at radius 3 is 2.90 bits per heavy atom. The van der Waals surface area contributed by atoms with Crippen molar-refractivity contribution in [2.45, 2.75) is 26.3 Å². The highest BCUT2D eigenvalue weighted by atomic mass is 16.3. The third-order valence-corrected chi connectivity index (χ3v) is 2.75. The van der Waals surface area contributed by atoms with Gasteiger partial charge < -0.3 is 15.1 Å². The summed E-state index contributed by atoms with van der Waals surface area (Å²) in [5.41, 5.74) is 0.924. The molecule has 0 spiro atoms. The van der Waals surface area contributed by atoms with Crippen LogP contribution in [0.1, 0.15) is 30.1 Å². The van der Waals surface area contributed by atoms with Crippen LogP contribution in [0.3, 0.4) is 0 Å². The minimum atomic E-state index is -0.700. The Bertz CT molecular complexity index is 589. The standard InChI is InChI=1S/C13H16N4O3/c1-3-9-7-11(17-16-9)15-12(18)8(2)14-13(19)10-5-4-6-20-10/h4-8H,3H2,1-2H3,(H,14,19)(H2,15,16,17,18). The van der Waals surface area contributed by atoms with Gasteiger partial charge in [0.25, 0.3) is 5.91 Å². The predicted octanol–water partition coefficient (Wildman–Crippen LogP) is 1.32. The Kier molecular flexibility index (Phi) is 4.19. The zero-order valence-electron chi connectivity index (χ0n) is 11.3. The maximum absolute atomic E-state index is 11.9. The molecule has 1 unspecified atom stereocenters. The number of carbonyl (C=O) groups is 2. The summed E-state index contributed by atoms with van der Waals surface area (Å²) in [6.45, 7) is 3.56. The van der Waals surface area contributed by atoms with E-state index in [1.54, 1.807) is 19.1 Å². The van der Waals surface area contributed by atoms with Gasteiger partial charge in [-0.25, -0.2) is 0 Å². The lowest BCUT2D eigenvalue weighted by Crippen LogP contribution is -2.41. The van der Waals surface area contributed by atoms with Crippen LogP contribution in [-0.2, 0) is 11.2 Å². The second-order valence-electron chi connectivity index (χ2n) is 4.29. The van der Waals surface area contributed by atoms with Crippen LogP contribution in [0, 0.1) is 0 Å². The molecule has 7 nitrogen and oxygen atoms in total. The summed E-state index contributed by atoms with van der Waals surface area (Å²) >= 11 is 0. The molecular weight excluding hydrogens is 260 g/mol. The Morgan fingerprint density at radius 1 is 1.50 bits per heavy atom. The summed E-state index contributed by atoms with van der Waals surface area (Å²) in [6, 6.07) is 4.19. The van der Waals surface area contributed by atoms with Crippen molar-refractivity contribution in [2.75, 3.05) is 5.32 Å². The molecule has 2 rings (SSSR count). The van der Waals surface area contributed by atoms with E-state index in [-0.39, 0.29) is 11.7 Å². The molecule has 2 amide bonds. The van der Waals surface area contributed by atoms with Crippen molar-refractivity contribution < 1.29 is 14.0 Å². The molecule has 2 aromatic heterocycles. The number of nitrogens with one attached hydrogen (secondary N) is 3. The number of aromatic amines is 1. The number of carbonyl (C=O) groups excluding carboxylic acids is 2. The van der Waals surface area contributed by atoms with E-state index in [1.165, 1.54) is 12.3 Å². The van der Waals surface area contributed by atoms with Gasteiger partial charge in [0, 0.05) is 11.8 Å². The largest absolute Gasteiger partial charge is 0.459 e.